The van der Waals surface area contributed by atoms with Gasteiger partial charge in [-0.05, 0) is 19.1 Å². The van der Waals surface area contributed by atoms with Gasteiger partial charge in [-0.15, -0.1) is 0 Å². The lowest BCUT2D eigenvalue weighted by Crippen LogP contribution is -2.39. The Morgan fingerprint density at radius 1 is 1.41 bits per heavy atom. The second-order valence-corrected chi connectivity index (χ2v) is 4.12. The summed E-state index contributed by atoms with van der Waals surface area (Å²) in [5, 5.41) is 11.8. The number of aromatic nitrogens is 1. The van der Waals surface area contributed by atoms with E-state index in [9.17, 15) is 4.79 Å². The summed E-state index contributed by atoms with van der Waals surface area (Å²) in [6, 6.07) is 5.43. The molecule has 17 heavy (non-hydrogen) atoms. The van der Waals surface area contributed by atoms with Crippen molar-refractivity contribution in [2.75, 3.05) is 13.1 Å². The number of nitrogens with zero attached hydrogens (tertiary/aromatic N) is 3. The SMILES string of the molecule is Cc1cccc(C(=O)N2CCC(=NO)CC2)n1. The Morgan fingerprint density at radius 2 is 2.12 bits per heavy atom. The first-order valence-corrected chi connectivity index (χ1v) is 5.63. The predicted octanol–water partition coefficient (Wildman–Crippen LogP) is 1.46. The lowest BCUT2D eigenvalue weighted by atomic mass is 10.1. The number of hydrogen-bond donors (Lipinski definition) is 1. The van der Waals surface area contributed by atoms with Crippen LogP contribution < -0.4 is 0 Å². The average molecular weight is 233 g/mol. The summed E-state index contributed by atoms with van der Waals surface area (Å²) < 4.78 is 0. The van der Waals surface area contributed by atoms with Gasteiger partial charge in [0.2, 0.25) is 0 Å². The van der Waals surface area contributed by atoms with Gasteiger partial charge in [-0.2, -0.15) is 0 Å². The molecular weight excluding hydrogens is 218 g/mol. The van der Waals surface area contributed by atoms with E-state index >= 15 is 0 Å². The fourth-order valence-electron chi connectivity index (χ4n) is 1.89. The van der Waals surface area contributed by atoms with Crippen molar-refractivity contribution in [2.24, 2.45) is 5.16 Å². The van der Waals surface area contributed by atoms with Crippen LogP contribution in [0.25, 0.3) is 0 Å². The van der Waals surface area contributed by atoms with Crippen molar-refractivity contribution in [1.82, 2.24) is 9.88 Å². The average Bonchev–Trinajstić information content (AvgIpc) is 2.38. The van der Waals surface area contributed by atoms with Crippen LogP contribution in [0.4, 0.5) is 0 Å². The molecule has 2 rings (SSSR count). The quantitative estimate of drug-likeness (QED) is 0.590. The number of aryl methyl sites for hydroxylation is 1. The number of piperidine rings is 1. The van der Waals surface area contributed by atoms with Crippen LogP contribution in [0.15, 0.2) is 23.4 Å². The fourth-order valence-corrected chi connectivity index (χ4v) is 1.89. The normalized spacial score (nSPS) is 15.8. The van der Waals surface area contributed by atoms with Crippen LogP contribution in [0.1, 0.15) is 29.0 Å². The van der Waals surface area contributed by atoms with E-state index in [2.05, 4.69) is 10.1 Å². The molecule has 0 aromatic carbocycles. The number of carbonyl (C=O) groups excluding carboxylic acids is 1. The Kier molecular flexibility index (Phi) is 3.37. The van der Waals surface area contributed by atoms with Crippen molar-refractivity contribution >= 4 is 11.6 Å². The summed E-state index contributed by atoms with van der Waals surface area (Å²) in [5.74, 6) is -0.0503. The molecule has 0 atom stereocenters. The van der Waals surface area contributed by atoms with Gasteiger partial charge >= 0.3 is 0 Å². The number of carbonyl (C=O) groups is 1. The topological polar surface area (TPSA) is 65.8 Å². The standard InChI is InChI=1S/C12H15N3O2/c1-9-3-2-4-11(13-9)12(16)15-7-5-10(14-17)6-8-15/h2-4,17H,5-8H2,1H3. The largest absolute Gasteiger partial charge is 0.411 e. The molecule has 0 unspecified atom stereocenters. The molecule has 1 saturated heterocycles. The monoisotopic (exact) mass is 233 g/mol. The van der Waals surface area contributed by atoms with Crippen LogP contribution in [-0.4, -0.2) is 39.8 Å². The lowest BCUT2D eigenvalue weighted by Gasteiger charge is -2.26. The molecule has 0 saturated carbocycles. The van der Waals surface area contributed by atoms with Gasteiger partial charge in [0, 0.05) is 31.6 Å². The third-order valence-corrected chi connectivity index (χ3v) is 2.88. The molecule has 0 aliphatic carbocycles. The van der Waals surface area contributed by atoms with Crippen LogP contribution in [0.5, 0.6) is 0 Å². The Hall–Kier alpha value is -1.91. The zero-order valence-electron chi connectivity index (χ0n) is 9.76. The number of pyridine rings is 1. The maximum atomic E-state index is 12.1. The van der Waals surface area contributed by atoms with E-state index in [0.717, 1.165) is 11.4 Å². The molecule has 0 spiro atoms. The Labute approximate surface area is 99.8 Å². The van der Waals surface area contributed by atoms with Gasteiger partial charge in [-0.25, -0.2) is 4.98 Å². The van der Waals surface area contributed by atoms with E-state index < -0.39 is 0 Å². The molecule has 1 aliphatic rings. The molecule has 0 radical (unpaired) electrons. The third kappa shape index (κ3) is 2.61. The molecule has 1 aliphatic heterocycles. The summed E-state index contributed by atoms with van der Waals surface area (Å²) in [6.07, 6.45) is 1.27. The maximum absolute atomic E-state index is 12.1. The highest BCUT2D eigenvalue weighted by Gasteiger charge is 2.21. The first-order valence-electron chi connectivity index (χ1n) is 5.63. The molecule has 0 bridgehead atoms. The van der Waals surface area contributed by atoms with Crippen molar-refractivity contribution in [3.8, 4) is 0 Å². The molecular formula is C12H15N3O2. The Morgan fingerprint density at radius 3 is 2.71 bits per heavy atom. The minimum absolute atomic E-state index is 0.0503. The third-order valence-electron chi connectivity index (χ3n) is 2.88. The molecule has 5 nitrogen and oxygen atoms in total. The van der Waals surface area contributed by atoms with Crippen molar-refractivity contribution < 1.29 is 10.0 Å². The van der Waals surface area contributed by atoms with E-state index in [4.69, 9.17) is 5.21 Å². The number of oxime groups is 1. The first kappa shape index (κ1) is 11.6. The van der Waals surface area contributed by atoms with E-state index in [1.165, 1.54) is 0 Å². The molecule has 1 fully saturated rings. The van der Waals surface area contributed by atoms with Gasteiger partial charge in [0.25, 0.3) is 5.91 Å². The highest BCUT2D eigenvalue weighted by molar-refractivity contribution is 5.94. The summed E-state index contributed by atoms with van der Waals surface area (Å²) in [6.45, 7) is 3.05. The summed E-state index contributed by atoms with van der Waals surface area (Å²) in [4.78, 5) is 18.1. The predicted molar refractivity (Wildman–Crippen MR) is 63.3 cm³/mol. The molecule has 2 heterocycles. The van der Waals surface area contributed by atoms with Gasteiger partial charge < -0.3 is 10.1 Å². The van der Waals surface area contributed by atoms with Crippen molar-refractivity contribution in [1.29, 1.82) is 0 Å². The van der Waals surface area contributed by atoms with Gasteiger partial charge in [0.1, 0.15) is 5.69 Å². The van der Waals surface area contributed by atoms with Gasteiger partial charge in [-0.1, -0.05) is 11.2 Å². The van der Waals surface area contributed by atoms with Crippen molar-refractivity contribution in [2.45, 2.75) is 19.8 Å². The second-order valence-electron chi connectivity index (χ2n) is 4.12. The van der Waals surface area contributed by atoms with E-state index in [0.29, 0.717) is 31.6 Å². The van der Waals surface area contributed by atoms with Crippen LogP contribution in [0.3, 0.4) is 0 Å². The molecule has 1 aromatic heterocycles. The van der Waals surface area contributed by atoms with Gasteiger partial charge in [0.15, 0.2) is 0 Å². The van der Waals surface area contributed by atoms with Crippen LogP contribution >= 0.6 is 0 Å². The van der Waals surface area contributed by atoms with Gasteiger partial charge in [-0.3, -0.25) is 4.79 Å². The number of hydrogen-bond acceptors (Lipinski definition) is 4. The smallest absolute Gasteiger partial charge is 0.272 e. The van der Waals surface area contributed by atoms with Crippen molar-refractivity contribution in [3.63, 3.8) is 0 Å². The Bertz CT molecular complexity index is 447. The molecule has 90 valence electrons. The second kappa shape index (κ2) is 4.95. The van der Waals surface area contributed by atoms with E-state index in [-0.39, 0.29) is 5.91 Å². The zero-order chi connectivity index (χ0) is 12.3. The molecule has 1 amide bonds. The molecule has 1 N–H and O–H groups in total. The summed E-state index contributed by atoms with van der Waals surface area (Å²) >= 11 is 0. The van der Waals surface area contributed by atoms with Crippen molar-refractivity contribution in [3.05, 3.63) is 29.6 Å². The molecule has 5 heteroatoms. The summed E-state index contributed by atoms with van der Waals surface area (Å²) in [7, 11) is 0. The number of rotatable bonds is 1. The first-order chi connectivity index (χ1) is 8.20. The fraction of sp³-hybridized carbons (Fsp3) is 0.417. The summed E-state index contributed by atoms with van der Waals surface area (Å²) in [5.41, 5.74) is 2.08. The van der Waals surface area contributed by atoms with Crippen LogP contribution in [0.2, 0.25) is 0 Å². The number of likely N-dealkylation sites (tertiary alicyclic amines) is 1. The zero-order valence-corrected chi connectivity index (χ0v) is 9.76. The highest BCUT2D eigenvalue weighted by atomic mass is 16.4. The van der Waals surface area contributed by atoms with E-state index in [1.807, 2.05) is 19.1 Å². The minimum Gasteiger partial charge on any atom is -0.411 e. The number of amides is 1. The Balaban J connectivity index is 2.07. The van der Waals surface area contributed by atoms with Gasteiger partial charge in [0.05, 0.1) is 5.71 Å². The molecule has 1 aromatic rings. The van der Waals surface area contributed by atoms with Crippen LogP contribution in [-0.2, 0) is 0 Å². The van der Waals surface area contributed by atoms with Crippen LogP contribution in [0, 0.1) is 6.92 Å². The van der Waals surface area contributed by atoms with E-state index in [1.54, 1.807) is 11.0 Å². The highest BCUT2D eigenvalue weighted by Crippen LogP contribution is 2.11. The minimum atomic E-state index is -0.0503. The lowest BCUT2D eigenvalue weighted by molar-refractivity contribution is 0.0747. The maximum Gasteiger partial charge on any atom is 0.272 e.